The third-order valence-electron chi connectivity index (χ3n) is 2.36. The van der Waals surface area contributed by atoms with Gasteiger partial charge in [0.15, 0.2) is 0 Å². The van der Waals surface area contributed by atoms with Crippen LogP contribution >= 0.6 is 0 Å². The van der Waals surface area contributed by atoms with Crippen molar-refractivity contribution in [2.24, 2.45) is 11.1 Å². The molecule has 0 radical (unpaired) electrons. The lowest BCUT2D eigenvalue weighted by Gasteiger charge is -2.25. The average Bonchev–Trinajstić information content (AvgIpc) is 1.98. The zero-order valence-corrected chi connectivity index (χ0v) is 10.6. The van der Waals surface area contributed by atoms with Gasteiger partial charge in [0, 0.05) is 6.04 Å². The smallest absolute Gasteiger partial charge is 0.00559 e. The van der Waals surface area contributed by atoms with E-state index in [0.29, 0.717) is 11.5 Å². The molecule has 1 unspecified atom stereocenters. The van der Waals surface area contributed by atoms with Gasteiger partial charge in [-0.2, -0.15) is 0 Å². The summed E-state index contributed by atoms with van der Waals surface area (Å²) >= 11 is 0. The van der Waals surface area contributed by atoms with Crippen LogP contribution in [0.2, 0.25) is 0 Å². The molecule has 0 spiro atoms. The van der Waals surface area contributed by atoms with E-state index in [1.54, 1.807) is 0 Å². The summed E-state index contributed by atoms with van der Waals surface area (Å²) in [5, 5.41) is 0. The predicted octanol–water partition coefficient (Wildman–Crippen LogP) is 2.48. The molecule has 0 aromatic carbocycles. The van der Waals surface area contributed by atoms with Crippen LogP contribution < -0.4 is 5.73 Å². The largest absolute Gasteiger partial charge is 0.328 e. The Kier molecular flexibility index (Phi) is 6.38. The van der Waals surface area contributed by atoms with Crippen LogP contribution in [0.1, 0.15) is 47.0 Å². The summed E-state index contributed by atoms with van der Waals surface area (Å²) in [6.07, 6.45) is 3.46. The first kappa shape index (κ1) is 13.9. The number of hydrogen-bond acceptors (Lipinski definition) is 2. The lowest BCUT2D eigenvalue weighted by atomic mass is 9.87. The van der Waals surface area contributed by atoms with Crippen molar-refractivity contribution in [2.75, 3.05) is 20.1 Å². The molecule has 0 bridgehead atoms. The second-order valence-corrected chi connectivity index (χ2v) is 5.62. The molecular weight excluding hydrogens is 172 g/mol. The lowest BCUT2D eigenvalue weighted by molar-refractivity contribution is 0.282. The van der Waals surface area contributed by atoms with Crippen molar-refractivity contribution < 1.29 is 0 Å². The lowest BCUT2D eigenvalue weighted by Crippen LogP contribution is -2.31. The van der Waals surface area contributed by atoms with Crippen molar-refractivity contribution in [1.82, 2.24) is 4.90 Å². The van der Waals surface area contributed by atoms with Gasteiger partial charge in [0.25, 0.3) is 0 Å². The van der Waals surface area contributed by atoms with Crippen molar-refractivity contribution in [2.45, 2.75) is 53.0 Å². The molecule has 86 valence electrons. The molecule has 0 aliphatic rings. The highest BCUT2D eigenvalue weighted by atomic mass is 15.1. The maximum atomic E-state index is 6.08. The van der Waals surface area contributed by atoms with Crippen molar-refractivity contribution in [3.05, 3.63) is 0 Å². The van der Waals surface area contributed by atoms with E-state index < -0.39 is 0 Å². The summed E-state index contributed by atoms with van der Waals surface area (Å²) in [6, 6.07) is 0.356. The van der Waals surface area contributed by atoms with E-state index in [0.717, 1.165) is 19.4 Å². The molecule has 0 amide bonds. The number of hydrogen-bond donors (Lipinski definition) is 1. The van der Waals surface area contributed by atoms with Gasteiger partial charge in [-0.1, -0.05) is 27.7 Å². The fraction of sp³-hybridized carbons (Fsp3) is 1.00. The zero-order chi connectivity index (χ0) is 11.2. The van der Waals surface area contributed by atoms with Crippen molar-refractivity contribution in [3.63, 3.8) is 0 Å². The maximum Gasteiger partial charge on any atom is 0.00559 e. The molecule has 0 heterocycles. The summed E-state index contributed by atoms with van der Waals surface area (Å²) in [4.78, 5) is 2.36. The minimum absolute atomic E-state index is 0.356. The van der Waals surface area contributed by atoms with E-state index in [9.17, 15) is 0 Å². The van der Waals surface area contributed by atoms with Gasteiger partial charge in [-0.05, 0) is 44.8 Å². The Labute approximate surface area is 89.9 Å². The Morgan fingerprint density at radius 1 is 1.21 bits per heavy atom. The van der Waals surface area contributed by atoms with Gasteiger partial charge in [-0.15, -0.1) is 0 Å². The van der Waals surface area contributed by atoms with Crippen LogP contribution in [0.5, 0.6) is 0 Å². The van der Waals surface area contributed by atoms with Crippen LogP contribution in [0.4, 0.5) is 0 Å². The SMILES string of the molecule is CCCN(C)CCC(N)CC(C)(C)C. The van der Waals surface area contributed by atoms with E-state index in [2.05, 4.69) is 39.6 Å². The molecule has 2 nitrogen and oxygen atoms in total. The second-order valence-electron chi connectivity index (χ2n) is 5.62. The third-order valence-corrected chi connectivity index (χ3v) is 2.36. The molecule has 0 saturated heterocycles. The van der Waals surface area contributed by atoms with Crippen molar-refractivity contribution in [3.8, 4) is 0 Å². The number of nitrogens with two attached hydrogens (primary N) is 1. The molecule has 0 saturated carbocycles. The minimum Gasteiger partial charge on any atom is -0.328 e. The van der Waals surface area contributed by atoms with Gasteiger partial charge in [0.05, 0.1) is 0 Å². The number of nitrogens with zero attached hydrogens (tertiary/aromatic N) is 1. The number of rotatable bonds is 6. The highest BCUT2D eigenvalue weighted by molar-refractivity contribution is 4.72. The average molecular weight is 200 g/mol. The van der Waals surface area contributed by atoms with E-state index >= 15 is 0 Å². The van der Waals surface area contributed by atoms with Crippen LogP contribution in [0.3, 0.4) is 0 Å². The van der Waals surface area contributed by atoms with Gasteiger partial charge in [-0.3, -0.25) is 0 Å². The second kappa shape index (κ2) is 6.41. The van der Waals surface area contributed by atoms with Crippen LogP contribution in [0.15, 0.2) is 0 Å². The molecule has 14 heavy (non-hydrogen) atoms. The quantitative estimate of drug-likeness (QED) is 0.714. The monoisotopic (exact) mass is 200 g/mol. The summed E-state index contributed by atoms with van der Waals surface area (Å²) in [5.74, 6) is 0. The van der Waals surface area contributed by atoms with Crippen LogP contribution in [0.25, 0.3) is 0 Å². The highest BCUT2D eigenvalue weighted by Gasteiger charge is 2.15. The first-order valence-corrected chi connectivity index (χ1v) is 5.79. The first-order valence-electron chi connectivity index (χ1n) is 5.79. The van der Waals surface area contributed by atoms with Gasteiger partial charge >= 0.3 is 0 Å². The first-order chi connectivity index (χ1) is 6.35. The van der Waals surface area contributed by atoms with E-state index in [1.807, 2.05) is 0 Å². The summed E-state index contributed by atoms with van der Waals surface area (Å²) in [6.45, 7) is 11.3. The van der Waals surface area contributed by atoms with Gasteiger partial charge in [-0.25, -0.2) is 0 Å². The van der Waals surface area contributed by atoms with Crippen molar-refractivity contribution >= 4 is 0 Å². The molecule has 0 aromatic heterocycles. The van der Waals surface area contributed by atoms with Crippen LogP contribution in [-0.4, -0.2) is 31.1 Å². The maximum absolute atomic E-state index is 6.08. The molecule has 2 N–H and O–H groups in total. The Morgan fingerprint density at radius 3 is 2.21 bits per heavy atom. The van der Waals surface area contributed by atoms with Crippen molar-refractivity contribution in [1.29, 1.82) is 0 Å². The molecular formula is C12H28N2. The molecule has 0 rings (SSSR count). The van der Waals surface area contributed by atoms with E-state index in [-0.39, 0.29) is 0 Å². The zero-order valence-electron chi connectivity index (χ0n) is 10.6. The predicted molar refractivity (Wildman–Crippen MR) is 64.5 cm³/mol. The topological polar surface area (TPSA) is 29.3 Å². The summed E-state index contributed by atoms with van der Waals surface area (Å²) in [5.41, 5.74) is 6.44. The molecule has 2 heteroatoms. The molecule has 1 atom stereocenters. The fourth-order valence-electron chi connectivity index (χ4n) is 1.77. The standard InChI is InChI=1S/C12H28N2/c1-6-8-14(5)9-7-11(13)10-12(2,3)4/h11H,6-10,13H2,1-5H3. The Morgan fingerprint density at radius 2 is 1.79 bits per heavy atom. The molecule has 0 fully saturated rings. The molecule has 0 aliphatic carbocycles. The Bertz CT molecular complexity index is 138. The normalized spacial score (nSPS) is 14.8. The van der Waals surface area contributed by atoms with Gasteiger partial charge < -0.3 is 10.6 Å². The molecule has 0 aliphatic heterocycles. The minimum atomic E-state index is 0.356. The van der Waals surface area contributed by atoms with Crippen LogP contribution in [-0.2, 0) is 0 Å². The Hall–Kier alpha value is -0.0800. The Balaban J connectivity index is 3.58. The van der Waals surface area contributed by atoms with E-state index in [1.165, 1.54) is 13.0 Å². The summed E-state index contributed by atoms with van der Waals surface area (Å²) in [7, 11) is 2.17. The van der Waals surface area contributed by atoms with E-state index in [4.69, 9.17) is 5.73 Å². The van der Waals surface area contributed by atoms with Gasteiger partial charge in [0.2, 0.25) is 0 Å². The molecule has 0 aromatic rings. The van der Waals surface area contributed by atoms with Crippen LogP contribution in [0, 0.1) is 5.41 Å². The highest BCUT2D eigenvalue weighted by Crippen LogP contribution is 2.20. The van der Waals surface area contributed by atoms with Gasteiger partial charge in [0.1, 0.15) is 0 Å². The fourth-order valence-corrected chi connectivity index (χ4v) is 1.77. The summed E-state index contributed by atoms with van der Waals surface area (Å²) < 4.78 is 0. The third kappa shape index (κ3) is 8.52.